The predicted molar refractivity (Wildman–Crippen MR) is 71.8 cm³/mol. The van der Waals surface area contributed by atoms with Crippen LogP contribution in [0.4, 0.5) is 0 Å². The molecule has 2 aliphatic rings. The number of fused-ring (bicyclic) bond motifs is 1. The summed E-state index contributed by atoms with van der Waals surface area (Å²) in [6, 6.07) is 0. The van der Waals surface area contributed by atoms with Crippen molar-refractivity contribution in [2.45, 2.75) is 67.2 Å². The van der Waals surface area contributed by atoms with Gasteiger partial charge in [0, 0.05) is 11.8 Å². The molecule has 17 heavy (non-hydrogen) atoms. The minimum atomic E-state index is -0.0994. The van der Waals surface area contributed by atoms with Gasteiger partial charge in [0.1, 0.15) is 5.78 Å². The minimum Gasteiger partial charge on any atom is -0.299 e. The van der Waals surface area contributed by atoms with E-state index in [1.165, 1.54) is 12.8 Å². The van der Waals surface area contributed by atoms with Crippen LogP contribution in [0.1, 0.15) is 67.2 Å². The molecule has 0 N–H and O–H groups in total. The highest BCUT2D eigenvalue weighted by Crippen LogP contribution is 2.62. The Labute approximate surface area is 106 Å². The second-order valence-corrected chi connectivity index (χ2v) is 7.95. The summed E-state index contributed by atoms with van der Waals surface area (Å²) in [4.78, 5) is 12.2. The van der Waals surface area contributed by atoms with Crippen LogP contribution in [0.3, 0.4) is 0 Å². The number of hydrogen-bond donors (Lipinski definition) is 0. The number of carbonyl (C=O) groups excluding carboxylic acids is 1. The zero-order chi connectivity index (χ0) is 13.1. The molecule has 2 rings (SSSR count). The monoisotopic (exact) mass is 236 g/mol. The maximum Gasteiger partial charge on any atom is 0.138 e. The van der Waals surface area contributed by atoms with Crippen molar-refractivity contribution < 1.29 is 4.79 Å². The lowest BCUT2D eigenvalue weighted by Crippen LogP contribution is -2.56. The quantitative estimate of drug-likeness (QED) is 0.607. The summed E-state index contributed by atoms with van der Waals surface area (Å²) in [7, 11) is 0. The van der Waals surface area contributed by atoms with Crippen LogP contribution in [-0.2, 0) is 4.79 Å². The molecule has 3 atom stereocenters. The van der Waals surface area contributed by atoms with Gasteiger partial charge in [0.05, 0.1) is 0 Å². The van der Waals surface area contributed by atoms with Gasteiger partial charge in [0.25, 0.3) is 0 Å². The van der Waals surface area contributed by atoms with E-state index in [0.717, 1.165) is 12.8 Å². The van der Waals surface area contributed by atoms with Gasteiger partial charge in [0.15, 0.2) is 0 Å². The van der Waals surface area contributed by atoms with E-state index >= 15 is 0 Å². The molecule has 0 heterocycles. The molecule has 0 aromatic carbocycles. The molecular weight excluding hydrogens is 208 g/mol. The van der Waals surface area contributed by atoms with Crippen molar-refractivity contribution in [3.63, 3.8) is 0 Å². The van der Waals surface area contributed by atoms with E-state index in [1.54, 1.807) is 0 Å². The minimum absolute atomic E-state index is 0.0994. The summed E-state index contributed by atoms with van der Waals surface area (Å²) in [6.07, 6.45) is 4.39. The maximum absolute atomic E-state index is 12.2. The van der Waals surface area contributed by atoms with Crippen LogP contribution in [0.15, 0.2) is 0 Å². The lowest BCUT2D eigenvalue weighted by molar-refractivity contribution is -0.155. The van der Waals surface area contributed by atoms with E-state index in [4.69, 9.17) is 0 Å². The van der Waals surface area contributed by atoms with Crippen LogP contribution in [0.25, 0.3) is 0 Å². The molecule has 0 spiro atoms. The summed E-state index contributed by atoms with van der Waals surface area (Å²) in [6.45, 7) is 14.0. The molecule has 98 valence electrons. The molecule has 0 amide bonds. The first-order valence-electron chi connectivity index (χ1n) is 7.16. The number of hydrogen-bond acceptors (Lipinski definition) is 1. The fourth-order valence-electron chi connectivity index (χ4n) is 4.73. The average molecular weight is 236 g/mol. The average Bonchev–Trinajstić information content (AvgIpc) is 2.21. The Hall–Kier alpha value is -0.330. The van der Waals surface area contributed by atoms with Crippen LogP contribution in [0.2, 0.25) is 0 Å². The standard InChI is InChI=1S/C16H28O/c1-11-14(2,3)9-7-12-15(4,5)13(17)8-10-16(11,12)6/h11-12H,7-10H2,1-6H3. The Balaban J connectivity index is 2.40. The van der Waals surface area contributed by atoms with E-state index in [-0.39, 0.29) is 5.41 Å². The van der Waals surface area contributed by atoms with Crippen molar-refractivity contribution in [1.82, 2.24) is 0 Å². The second kappa shape index (κ2) is 3.59. The molecule has 0 saturated heterocycles. The molecule has 2 saturated carbocycles. The summed E-state index contributed by atoms with van der Waals surface area (Å²) in [5, 5.41) is 0. The zero-order valence-corrected chi connectivity index (χ0v) is 12.4. The molecule has 0 radical (unpaired) electrons. The molecule has 0 bridgehead atoms. The lowest BCUT2D eigenvalue weighted by atomic mass is 9.44. The number of carbonyl (C=O) groups is 1. The fraction of sp³-hybridized carbons (Fsp3) is 0.938. The van der Waals surface area contributed by atoms with Gasteiger partial charge in [-0.3, -0.25) is 4.79 Å². The molecule has 0 aromatic rings. The first-order chi connectivity index (χ1) is 7.62. The normalized spacial score (nSPS) is 44.2. The van der Waals surface area contributed by atoms with Crippen LogP contribution in [0, 0.1) is 28.1 Å². The molecule has 2 fully saturated rings. The highest BCUT2D eigenvalue weighted by Gasteiger charge is 2.57. The van der Waals surface area contributed by atoms with Crippen molar-refractivity contribution in [1.29, 1.82) is 0 Å². The number of ketones is 1. The molecule has 0 aromatic heterocycles. The molecule has 0 aliphatic heterocycles. The van der Waals surface area contributed by atoms with Gasteiger partial charge in [-0.25, -0.2) is 0 Å². The zero-order valence-electron chi connectivity index (χ0n) is 12.4. The van der Waals surface area contributed by atoms with Crippen LogP contribution in [-0.4, -0.2) is 5.78 Å². The van der Waals surface area contributed by atoms with Crippen LogP contribution < -0.4 is 0 Å². The first kappa shape index (κ1) is 13.1. The summed E-state index contributed by atoms with van der Waals surface area (Å²) < 4.78 is 0. The van der Waals surface area contributed by atoms with Gasteiger partial charge in [-0.05, 0) is 41.9 Å². The summed E-state index contributed by atoms with van der Waals surface area (Å²) >= 11 is 0. The van der Waals surface area contributed by atoms with E-state index < -0.39 is 0 Å². The van der Waals surface area contributed by atoms with Crippen LogP contribution in [0.5, 0.6) is 0 Å². The topological polar surface area (TPSA) is 17.1 Å². The third kappa shape index (κ3) is 1.69. The van der Waals surface area contributed by atoms with Gasteiger partial charge in [0.2, 0.25) is 0 Å². The van der Waals surface area contributed by atoms with Crippen molar-refractivity contribution >= 4 is 5.78 Å². The Bertz CT molecular complexity index is 339. The van der Waals surface area contributed by atoms with E-state index in [9.17, 15) is 4.79 Å². The Morgan fingerprint density at radius 1 is 1.06 bits per heavy atom. The number of Topliss-reactive ketones (excluding diaryl/α,β-unsaturated/α-hetero) is 1. The van der Waals surface area contributed by atoms with Gasteiger partial charge in [-0.2, -0.15) is 0 Å². The van der Waals surface area contributed by atoms with Crippen LogP contribution >= 0.6 is 0 Å². The second-order valence-electron chi connectivity index (χ2n) is 7.95. The van der Waals surface area contributed by atoms with Crippen molar-refractivity contribution in [2.24, 2.45) is 28.1 Å². The number of rotatable bonds is 0. The van der Waals surface area contributed by atoms with Gasteiger partial charge < -0.3 is 0 Å². The van der Waals surface area contributed by atoms with E-state index in [1.807, 2.05) is 0 Å². The first-order valence-corrected chi connectivity index (χ1v) is 7.16. The van der Waals surface area contributed by atoms with Crippen molar-refractivity contribution in [3.05, 3.63) is 0 Å². The molecular formula is C16H28O. The predicted octanol–water partition coefficient (Wildman–Crippen LogP) is 4.45. The summed E-state index contributed by atoms with van der Waals surface area (Å²) in [5.74, 6) is 1.78. The largest absolute Gasteiger partial charge is 0.299 e. The fourth-order valence-corrected chi connectivity index (χ4v) is 4.73. The lowest BCUT2D eigenvalue weighted by Gasteiger charge is -2.60. The molecule has 1 nitrogen and oxygen atoms in total. The third-order valence-electron chi connectivity index (χ3n) is 6.52. The summed E-state index contributed by atoms with van der Waals surface area (Å²) in [5.41, 5.74) is 0.693. The van der Waals surface area contributed by atoms with Gasteiger partial charge in [-0.15, -0.1) is 0 Å². The Morgan fingerprint density at radius 2 is 1.65 bits per heavy atom. The third-order valence-corrected chi connectivity index (χ3v) is 6.52. The van der Waals surface area contributed by atoms with Gasteiger partial charge >= 0.3 is 0 Å². The highest BCUT2D eigenvalue weighted by molar-refractivity contribution is 5.85. The molecule has 3 unspecified atom stereocenters. The van der Waals surface area contributed by atoms with Crippen molar-refractivity contribution in [3.8, 4) is 0 Å². The maximum atomic E-state index is 12.2. The van der Waals surface area contributed by atoms with E-state index in [2.05, 4.69) is 41.5 Å². The van der Waals surface area contributed by atoms with E-state index in [0.29, 0.717) is 28.4 Å². The smallest absolute Gasteiger partial charge is 0.138 e. The molecule has 2 aliphatic carbocycles. The SMILES string of the molecule is CC1C(C)(C)CCC2C(C)(C)C(=O)CCC12C. The Morgan fingerprint density at radius 3 is 2.24 bits per heavy atom. The highest BCUT2D eigenvalue weighted by atomic mass is 16.1. The Kier molecular flexibility index (Phi) is 2.76. The molecule has 1 heteroatoms. The van der Waals surface area contributed by atoms with Gasteiger partial charge in [-0.1, -0.05) is 41.5 Å². The van der Waals surface area contributed by atoms with Crippen molar-refractivity contribution in [2.75, 3.05) is 0 Å².